The smallest absolute Gasteiger partial charge is 0.267 e. The lowest BCUT2D eigenvalue weighted by molar-refractivity contribution is 0.0925. The molecule has 0 saturated heterocycles. The van der Waals surface area contributed by atoms with Gasteiger partial charge in [-0.25, -0.2) is 4.90 Å². The topological polar surface area (TPSA) is 55.2 Å². The molecule has 0 fully saturated rings. The number of imide groups is 1. The van der Waals surface area contributed by atoms with E-state index in [0.717, 1.165) is 27.3 Å². The van der Waals surface area contributed by atoms with Crippen LogP contribution in [0.2, 0.25) is 0 Å². The first kappa shape index (κ1) is 18.1. The number of rotatable bonds is 4. The summed E-state index contributed by atoms with van der Waals surface area (Å²) in [6.07, 6.45) is 0. The summed E-state index contributed by atoms with van der Waals surface area (Å²) >= 11 is 0. The number of amides is 2. The minimum absolute atomic E-state index is 0.329. The van der Waals surface area contributed by atoms with Gasteiger partial charge in [0.25, 0.3) is 11.8 Å². The first-order valence-corrected chi connectivity index (χ1v) is 9.79. The van der Waals surface area contributed by atoms with Crippen LogP contribution in [0.25, 0.3) is 11.1 Å². The van der Waals surface area contributed by atoms with Crippen molar-refractivity contribution in [1.82, 2.24) is 9.78 Å². The number of hydrogen-bond acceptors (Lipinski definition) is 3. The van der Waals surface area contributed by atoms with Crippen LogP contribution in [0.15, 0.2) is 84.9 Å². The van der Waals surface area contributed by atoms with Gasteiger partial charge < -0.3 is 0 Å². The molecule has 0 N–H and O–H groups in total. The maximum atomic E-state index is 12.8. The predicted octanol–water partition coefficient (Wildman–Crippen LogP) is 4.71. The van der Waals surface area contributed by atoms with Crippen LogP contribution in [0.3, 0.4) is 0 Å². The zero-order valence-corrected chi connectivity index (χ0v) is 16.4. The molecule has 5 heteroatoms. The van der Waals surface area contributed by atoms with E-state index in [1.54, 1.807) is 30.3 Å². The number of benzene rings is 3. The van der Waals surface area contributed by atoms with Gasteiger partial charge in [-0.1, -0.05) is 66.7 Å². The summed E-state index contributed by atoms with van der Waals surface area (Å²) in [4.78, 5) is 26.7. The highest BCUT2D eigenvalue weighted by Crippen LogP contribution is 2.29. The van der Waals surface area contributed by atoms with E-state index in [2.05, 4.69) is 29.4 Å². The second-order valence-corrected chi connectivity index (χ2v) is 7.32. The fraction of sp³-hybridized carbons (Fsp3) is 0.0800. The number of carbonyl (C=O) groups is 2. The SMILES string of the molecule is Cc1cc(N2C(=O)c3ccccc3C2=O)nn1Cc1ccccc1-c1ccccc1. The van der Waals surface area contributed by atoms with Gasteiger partial charge >= 0.3 is 0 Å². The van der Waals surface area contributed by atoms with Crippen LogP contribution in [-0.4, -0.2) is 21.6 Å². The van der Waals surface area contributed by atoms with E-state index in [9.17, 15) is 9.59 Å². The summed E-state index contributed by atoms with van der Waals surface area (Å²) in [5.74, 6) is -0.300. The Morgan fingerprint density at radius 3 is 1.97 bits per heavy atom. The molecular weight excluding hydrogens is 374 g/mol. The third-order valence-corrected chi connectivity index (χ3v) is 5.41. The number of carbonyl (C=O) groups excluding carboxylic acids is 2. The van der Waals surface area contributed by atoms with Crippen LogP contribution in [0.4, 0.5) is 5.82 Å². The molecule has 0 atom stereocenters. The Morgan fingerprint density at radius 1 is 0.733 bits per heavy atom. The van der Waals surface area contributed by atoms with Gasteiger partial charge in [0.2, 0.25) is 0 Å². The minimum Gasteiger partial charge on any atom is -0.268 e. The molecule has 0 unspecified atom stereocenters. The van der Waals surface area contributed by atoms with Gasteiger partial charge in [0.1, 0.15) is 0 Å². The van der Waals surface area contributed by atoms with Crippen LogP contribution in [-0.2, 0) is 6.54 Å². The van der Waals surface area contributed by atoms with Crippen molar-refractivity contribution in [3.63, 3.8) is 0 Å². The molecule has 1 aromatic heterocycles. The van der Waals surface area contributed by atoms with Crippen molar-refractivity contribution in [2.75, 3.05) is 4.90 Å². The summed E-state index contributed by atoms with van der Waals surface area (Å²) in [5.41, 5.74) is 5.11. The van der Waals surface area contributed by atoms with E-state index >= 15 is 0 Å². The third kappa shape index (κ3) is 2.92. The van der Waals surface area contributed by atoms with Crippen molar-refractivity contribution >= 4 is 17.6 Å². The molecule has 0 bridgehead atoms. The van der Waals surface area contributed by atoms with Gasteiger partial charge in [-0.15, -0.1) is 0 Å². The average molecular weight is 393 g/mol. The van der Waals surface area contributed by atoms with Crippen LogP contribution in [0.5, 0.6) is 0 Å². The summed E-state index contributed by atoms with van der Waals surface area (Å²) < 4.78 is 1.83. The van der Waals surface area contributed by atoms with Gasteiger partial charge in [0, 0.05) is 11.8 Å². The molecule has 0 aliphatic carbocycles. The summed E-state index contributed by atoms with van der Waals surface area (Å²) in [5, 5.41) is 4.61. The van der Waals surface area contributed by atoms with Gasteiger partial charge in [0.05, 0.1) is 17.7 Å². The van der Waals surface area contributed by atoms with E-state index in [4.69, 9.17) is 0 Å². The molecule has 0 spiro atoms. The van der Waals surface area contributed by atoms with Gasteiger partial charge in [-0.2, -0.15) is 5.10 Å². The fourth-order valence-electron chi connectivity index (χ4n) is 3.88. The molecule has 4 aromatic rings. The van der Waals surface area contributed by atoms with Crippen molar-refractivity contribution in [2.24, 2.45) is 0 Å². The molecular formula is C25H19N3O2. The van der Waals surface area contributed by atoms with E-state index in [-0.39, 0.29) is 11.8 Å². The second-order valence-electron chi connectivity index (χ2n) is 7.32. The molecule has 1 aliphatic heterocycles. The highest BCUT2D eigenvalue weighted by molar-refractivity contribution is 6.34. The quantitative estimate of drug-likeness (QED) is 0.472. The molecule has 2 heterocycles. The zero-order valence-electron chi connectivity index (χ0n) is 16.4. The number of fused-ring (bicyclic) bond motifs is 1. The molecule has 2 amide bonds. The average Bonchev–Trinajstić information content (AvgIpc) is 3.26. The molecule has 0 saturated carbocycles. The minimum atomic E-state index is -0.329. The fourth-order valence-corrected chi connectivity index (χ4v) is 3.88. The molecule has 1 aliphatic rings. The maximum Gasteiger partial charge on any atom is 0.267 e. The number of aromatic nitrogens is 2. The van der Waals surface area contributed by atoms with Crippen LogP contribution in [0.1, 0.15) is 32.0 Å². The Labute approximate surface area is 174 Å². The van der Waals surface area contributed by atoms with Crippen molar-refractivity contribution < 1.29 is 9.59 Å². The Bertz CT molecular complexity index is 1240. The van der Waals surface area contributed by atoms with E-state index < -0.39 is 0 Å². The van der Waals surface area contributed by atoms with E-state index in [0.29, 0.717) is 23.5 Å². The van der Waals surface area contributed by atoms with Gasteiger partial charge in [0.15, 0.2) is 5.82 Å². The molecule has 5 nitrogen and oxygen atoms in total. The first-order chi connectivity index (χ1) is 14.6. The Balaban J connectivity index is 1.49. The third-order valence-electron chi connectivity index (χ3n) is 5.41. The lowest BCUT2D eigenvalue weighted by Crippen LogP contribution is -2.29. The molecule has 30 heavy (non-hydrogen) atoms. The van der Waals surface area contributed by atoms with Crippen LogP contribution in [0, 0.1) is 6.92 Å². The Morgan fingerprint density at radius 2 is 1.30 bits per heavy atom. The monoisotopic (exact) mass is 393 g/mol. The van der Waals surface area contributed by atoms with Gasteiger partial charge in [-0.3, -0.25) is 14.3 Å². The Hall–Kier alpha value is -3.99. The molecule has 3 aromatic carbocycles. The predicted molar refractivity (Wildman–Crippen MR) is 116 cm³/mol. The highest BCUT2D eigenvalue weighted by atomic mass is 16.2. The molecule has 146 valence electrons. The summed E-state index contributed by atoms with van der Waals surface area (Å²) in [6, 6.07) is 27.1. The number of anilines is 1. The van der Waals surface area contributed by atoms with E-state index in [1.807, 2.05) is 41.9 Å². The van der Waals surface area contributed by atoms with Crippen LogP contribution < -0.4 is 4.90 Å². The standard InChI is InChI=1S/C25H19N3O2/c1-17-15-23(28-24(29)21-13-7-8-14-22(21)25(28)30)26-27(17)16-19-11-5-6-12-20(19)18-9-3-2-4-10-18/h2-15H,16H2,1H3. The molecule has 0 radical (unpaired) electrons. The van der Waals surface area contributed by atoms with Crippen molar-refractivity contribution in [2.45, 2.75) is 13.5 Å². The number of hydrogen-bond donors (Lipinski definition) is 0. The lowest BCUT2D eigenvalue weighted by atomic mass is 10.00. The van der Waals surface area contributed by atoms with E-state index in [1.165, 1.54) is 0 Å². The first-order valence-electron chi connectivity index (χ1n) is 9.79. The highest BCUT2D eigenvalue weighted by Gasteiger charge is 2.37. The summed E-state index contributed by atoms with van der Waals surface area (Å²) in [6.45, 7) is 2.47. The Kier molecular flexibility index (Phi) is 4.29. The number of aryl methyl sites for hydroxylation is 1. The van der Waals surface area contributed by atoms with Crippen molar-refractivity contribution in [1.29, 1.82) is 0 Å². The zero-order chi connectivity index (χ0) is 20.7. The molecule has 5 rings (SSSR count). The van der Waals surface area contributed by atoms with Crippen molar-refractivity contribution in [3.05, 3.63) is 107 Å². The second kappa shape index (κ2) is 7.12. The summed E-state index contributed by atoms with van der Waals surface area (Å²) in [7, 11) is 0. The van der Waals surface area contributed by atoms with Gasteiger partial charge in [-0.05, 0) is 35.7 Å². The van der Waals surface area contributed by atoms with Crippen LogP contribution >= 0.6 is 0 Å². The number of nitrogens with zero attached hydrogens (tertiary/aromatic N) is 3. The van der Waals surface area contributed by atoms with Crippen molar-refractivity contribution in [3.8, 4) is 11.1 Å². The largest absolute Gasteiger partial charge is 0.268 e. The normalized spacial score (nSPS) is 13.0. The maximum absolute atomic E-state index is 12.8. The lowest BCUT2D eigenvalue weighted by Gasteiger charge is -2.12.